The maximum absolute atomic E-state index is 12.5. The summed E-state index contributed by atoms with van der Waals surface area (Å²) in [6, 6.07) is 12.1. The number of fused-ring (bicyclic) bond motifs is 1. The average Bonchev–Trinajstić information content (AvgIpc) is 3.19. The van der Waals surface area contributed by atoms with Crippen molar-refractivity contribution >= 4 is 29.2 Å². The third-order valence-electron chi connectivity index (χ3n) is 5.02. The van der Waals surface area contributed by atoms with Crippen LogP contribution in [0.15, 0.2) is 42.5 Å². The van der Waals surface area contributed by atoms with Crippen LogP contribution in [0.2, 0.25) is 0 Å². The Morgan fingerprint density at radius 3 is 2.71 bits per heavy atom. The molecule has 0 bridgehead atoms. The smallest absolute Gasteiger partial charge is 0.311 e. The molecule has 2 aliphatic heterocycles. The van der Waals surface area contributed by atoms with Crippen molar-refractivity contribution in [2.45, 2.75) is 6.42 Å². The lowest BCUT2D eigenvalue weighted by Gasteiger charge is -2.22. The second-order valence-corrected chi connectivity index (χ2v) is 7.09. The van der Waals surface area contributed by atoms with Gasteiger partial charge in [-0.05, 0) is 24.3 Å². The number of hydrogen-bond acceptors (Lipinski definition) is 7. The van der Waals surface area contributed by atoms with Gasteiger partial charge in [0.1, 0.15) is 19.0 Å². The van der Waals surface area contributed by atoms with E-state index in [2.05, 4.69) is 5.32 Å². The summed E-state index contributed by atoms with van der Waals surface area (Å²) in [6.07, 6.45) is 0.0153. The molecule has 31 heavy (non-hydrogen) atoms. The van der Waals surface area contributed by atoms with Gasteiger partial charge in [-0.25, -0.2) is 0 Å². The number of carbonyl (C=O) groups excluding carboxylic acids is 3. The molecular weight excluding hydrogens is 404 g/mol. The molecule has 2 heterocycles. The molecule has 162 valence electrons. The van der Waals surface area contributed by atoms with Gasteiger partial charge in [0.15, 0.2) is 18.1 Å². The van der Waals surface area contributed by atoms with Crippen molar-refractivity contribution in [1.82, 2.24) is 0 Å². The molecule has 2 aromatic carbocycles. The monoisotopic (exact) mass is 426 g/mol. The number of ether oxygens (including phenoxy) is 4. The van der Waals surface area contributed by atoms with Crippen LogP contribution in [0.25, 0.3) is 0 Å². The van der Waals surface area contributed by atoms with Gasteiger partial charge in [0.05, 0.1) is 18.7 Å². The summed E-state index contributed by atoms with van der Waals surface area (Å²) < 4.78 is 21.4. The minimum Gasteiger partial charge on any atom is -0.495 e. The summed E-state index contributed by atoms with van der Waals surface area (Å²) in [5.41, 5.74) is 1.10. The Labute approximate surface area is 178 Å². The van der Waals surface area contributed by atoms with Crippen LogP contribution >= 0.6 is 0 Å². The summed E-state index contributed by atoms with van der Waals surface area (Å²) in [6.45, 7) is 0.640. The molecule has 0 aliphatic carbocycles. The van der Waals surface area contributed by atoms with Crippen LogP contribution in [0.1, 0.15) is 6.42 Å². The molecule has 2 aliphatic rings. The number of nitrogens with one attached hydrogen (secondary N) is 1. The highest BCUT2D eigenvalue weighted by Gasteiger charge is 2.36. The molecule has 0 radical (unpaired) electrons. The molecule has 0 aromatic heterocycles. The fourth-order valence-corrected chi connectivity index (χ4v) is 3.50. The van der Waals surface area contributed by atoms with E-state index in [0.717, 1.165) is 0 Å². The van der Waals surface area contributed by atoms with Crippen molar-refractivity contribution in [3.63, 3.8) is 0 Å². The molecule has 1 atom stereocenters. The molecular formula is C22H22N2O7. The maximum atomic E-state index is 12.5. The van der Waals surface area contributed by atoms with Crippen LogP contribution in [0.4, 0.5) is 11.4 Å². The third kappa shape index (κ3) is 4.55. The van der Waals surface area contributed by atoms with Crippen molar-refractivity contribution in [3.05, 3.63) is 42.5 Å². The van der Waals surface area contributed by atoms with E-state index < -0.39 is 24.4 Å². The van der Waals surface area contributed by atoms with Gasteiger partial charge in [0, 0.05) is 24.7 Å². The van der Waals surface area contributed by atoms with Crippen LogP contribution < -0.4 is 24.4 Å². The fourth-order valence-electron chi connectivity index (χ4n) is 3.50. The van der Waals surface area contributed by atoms with Gasteiger partial charge in [-0.3, -0.25) is 14.4 Å². The van der Waals surface area contributed by atoms with Gasteiger partial charge in [-0.1, -0.05) is 12.1 Å². The fraction of sp³-hybridized carbons (Fsp3) is 0.318. The number of benzene rings is 2. The number of methoxy groups -OCH3 is 1. The molecule has 2 amide bonds. The van der Waals surface area contributed by atoms with Crippen molar-refractivity contribution in [2.24, 2.45) is 5.92 Å². The molecule has 1 fully saturated rings. The van der Waals surface area contributed by atoms with E-state index in [1.54, 1.807) is 42.5 Å². The lowest BCUT2D eigenvalue weighted by atomic mass is 10.1. The lowest BCUT2D eigenvalue weighted by molar-refractivity contribution is -0.151. The molecule has 1 saturated heterocycles. The number of hydrogen-bond donors (Lipinski definition) is 1. The quantitative estimate of drug-likeness (QED) is 0.705. The van der Waals surface area contributed by atoms with E-state index in [1.165, 1.54) is 12.0 Å². The first-order chi connectivity index (χ1) is 15.0. The summed E-state index contributed by atoms with van der Waals surface area (Å²) in [5, 5.41) is 2.64. The largest absolute Gasteiger partial charge is 0.495 e. The van der Waals surface area contributed by atoms with Crippen LogP contribution in [-0.2, 0) is 19.1 Å². The maximum Gasteiger partial charge on any atom is 0.311 e. The standard InChI is InChI=1S/C22H22N2O7/c1-28-17-5-3-2-4-16(17)23-20(25)13-31-22(27)14-10-21(26)24(12-14)15-6-7-18-19(11-15)30-9-8-29-18/h2-7,11,14H,8-10,12-13H2,1H3,(H,23,25). The summed E-state index contributed by atoms with van der Waals surface area (Å²) in [7, 11) is 1.50. The van der Waals surface area contributed by atoms with E-state index in [9.17, 15) is 14.4 Å². The Hall–Kier alpha value is -3.75. The molecule has 9 heteroatoms. The number of esters is 1. The number of nitrogens with zero attached hydrogens (tertiary/aromatic N) is 1. The minimum absolute atomic E-state index is 0.0153. The van der Waals surface area contributed by atoms with E-state index in [1.807, 2.05) is 0 Å². The van der Waals surface area contributed by atoms with Crippen molar-refractivity contribution in [3.8, 4) is 17.2 Å². The number of anilines is 2. The van der Waals surface area contributed by atoms with Crippen molar-refractivity contribution in [1.29, 1.82) is 0 Å². The average molecular weight is 426 g/mol. The minimum atomic E-state index is -0.653. The van der Waals surface area contributed by atoms with Crippen LogP contribution in [0.3, 0.4) is 0 Å². The highest BCUT2D eigenvalue weighted by Crippen LogP contribution is 2.36. The molecule has 1 unspecified atom stereocenters. The third-order valence-corrected chi connectivity index (χ3v) is 5.02. The SMILES string of the molecule is COc1ccccc1NC(=O)COC(=O)C1CC(=O)N(c2ccc3c(c2)OCCO3)C1. The molecule has 1 N–H and O–H groups in total. The van der Waals surface area contributed by atoms with Gasteiger partial charge in [-0.2, -0.15) is 0 Å². The van der Waals surface area contributed by atoms with Gasteiger partial charge < -0.3 is 29.2 Å². The predicted molar refractivity (Wildman–Crippen MR) is 110 cm³/mol. The first kappa shape index (κ1) is 20.5. The highest BCUT2D eigenvalue weighted by atomic mass is 16.6. The number of carbonyl (C=O) groups is 3. The zero-order chi connectivity index (χ0) is 21.8. The molecule has 0 saturated carbocycles. The summed E-state index contributed by atoms with van der Waals surface area (Å²) in [4.78, 5) is 38.5. The first-order valence-electron chi connectivity index (χ1n) is 9.84. The Morgan fingerprint density at radius 2 is 1.90 bits per heavy atom. The zero-order valence-corrected chi connectivity index (χ0v) is 17.0. The molecule has 4 rings (SSSR count). The first-order valence-corrected chi connectivity index (χ1v) is 9.84. The molecule has 0 spiro atoms. The Balaban J connectivity index is 1.32. The van der Waals surface area contributed by atoms with E-state index in [0.29, 0.717) is 41.8 Å². The zero-order valence-electron chi connectivity index (χ0n) is 17.0. The van der Waals surface area contributed by atoms with Gasteiger partial charge >= 0.3 is 5.97 Å². The summed E-state index contributed by atoms with van der Waals surface area (Å²) in [5.74, 6) is -0.251. The molecule has 2 aromatic rings. The van der Waals surface area contributed by atoms with E-state index in [-0.39, 0.29) is 18.9 Å². The van der Waals surface area contributed by atoms with E-state index in [4.69, 9.17) is 18.9 Å². The second-order valence-electron chi connectivity index (χ2n) is 7.09. The second kappa shape index (κ2) is 8.95. The van der Waals surface area contributed by atoms with Gasteiger partial charge in [0.2, 0.25) is 5.91 Å². The topological polar surface area (TPSA) is 103 Å². The van der Waals surface area contributed by atoms with Crippen LogP contribution in [0, 0.1) is 5.92 Å². The normalized spacial score (nSPS) is 17.3. The number of rotatable bonds is 6. The Kier molecular flexibility index (Phi) is 5.92. The van der Waals surface area contributed by atoms with Crippen molar-refractivity contribution in [2.75, 3.05) is 43.7 Å². The van der Waals surface area contributed by atoms with Crippen LogP contribution in [-0.4, -0.2) is 51.3 Å². The van der Waals surface area contributed by atoms with Gasteiger partial charge in [0.25, 0.3) is 5.91 Å². The van der Waals surface area contributed by atoms with E-state index >= 15 is 0 Å². The lowest BCUT2D eigenvalue weighted by Crippen LogP contribution is -2.28. The van der Waals surface area contributed by atoms with Gasteiger partial charge in [-0.15, -0.1) is 0 Å². The molecule has 9 nitrogen and oxygen atoms in total. The van der Waals surface area contributed by atoms with Crippen LogP contribution in [0.5, 0.6) is 17.2 Å². The number of para-hydroxylation sites is 2. The Bertz CT molecular complexity index is 1010. The summed E-state index contributed by atoms with van der Waals surface area (Å²) >= 11 is 0. The predicted octanol–water partition coefficient (Wildman–Crippen LogP) is 2.00. The Morgan fingerprint density at radius 1 is 1.13 bits per heavy atom. The number of amides is 2. The highest BCUT2D eigenvalue weighted by molar-refractivity contribution is 6.00. The van der Waals surface area contributed by atoms with Crippen molar-refractivity contribution < 1.29 is 33.3 Å².